The third-order valence-electron chi connectivity index (χ3n) is 4.92. The molecule has 136 valence electrons. The van der Waals surface area contributed by atoms with E-state index in [1.807, 2.05) is 4.90 Å². The van der Waals surface area contributed by atoms with Gasteiger partial charge >= 0.3 is 0 Å². The molecule has 0 aromatic heterocycles. The molecule has 7 heteroatoms. The van der Waals surface area contributed by atoms with Crippen molar-refractivity contribution in [1.29, 1.82) is 0 Å². The number of methoxy groups -OCH3 is 2. The lowest BCUT2D eigenvalue weighted by Gasteiger charge is -2.32. The van der Waals surface area contributed by atoms with Gasteiger partial charge in [0.05, 0.1) is 31.7 Å². The van der Waals surface area contributed by atoms with E-state index in [0.29, 0.717) is 23.6 Å². The first-order valence-corrected chi connectivity index (χ1v) is 8.53. The first-order chi connectivity index (χ1) is 12.0. The molecule has 25 heavy (non-hydrogen) atoms. The number of nitrogens with one attached hydrogen (secondary N) is 1. The monoisotopic (exact) mass is 347 g/mol. The molecule has 2 aliphatic rings. The van der Waals surface area contributed by atoms with Gasteiger partial charge in [0.15, 0.2) is 0 Å². The van der Waals surface area contributed by atoms with E-state index in [2.05, 4.69) is 17.3 Å². The Kier molecular flexibility index (Phi) is 5.13. The minimum Gasteiger partial charge on any atom is -0.497 e. The fraction of sp³-hybridized carbons (Fsp3) is 0.556. The molecular weight excluding hydrogens is 322 g/mol. The highest BCUT2D eigenvalue weighted by Crippen LogP contribution is 2.41. The van der Waals surface area contributed by atoms with Crippen LogP contribution in [-0.2, 0) is 9.59 Å². The van der Waals surface area contributed by atoms with Gasteiger partial charge in [-0.05, 0) is 25.6 Å². The van der Waals surface area contributed by atoms with Gasteiger partial charge < -0.3 is 24.6 Å². The predicted molar refractivity (Wildman–Crippen MR) is 93.8 cm³/mol. The summed E-state index contributed by atoms with van der Waals surface area (Å²) in [6, 6.07) is 5.23. The van der Waals surface area contributed by atoms with Crippen LogP contribution in [0.1, 0.15) is 6.42 Å². The number of rotatable bonds is 5. The summed E-state index contributed by atoms with van der Waals surface area (Å²) in [7, 11) is 5.17. The smallest absolute Gasteiger partial charge is 0.228 e. The van der Waals surface area contributed by atoms with Crippen LogP contribution in [0.4, 0.5) is 5.69 Å². The lowest BCUT2D eigenvalue weighted by molar-refractivity contribution is -0.135. The van der Waals surface area contributed by atoms with Crippen LogP contribution in [0.25, 0.3) is 0 Å². The van der Waals surface area contributed by atoms with Crippen molar-refractivity contribution in [2.24, 2.45) is 11.8 Å². The summed E-state index contributed by atoms with van der Waals surface area (Å²) in [4.78, 5) is 29.1. The summed E-state index contributed by atoms with van der Waals surface area (Å²) in [5.41, 5.74) is 0.560. The van der Waals surface area contributed by atoms with Gasteiger partial charge in [-0.1, -0.05) is 0 Å². The maximum Gasteiger partial charge on any atom is 0.228 e. The summed E-state index contributed by atoms with van der Waals surface area (Å²) >= 11 is 0. The van der Waals surface area contributed by atoms with E-state index in [1.54, 1.807) is 32.4 Å². The number of anilines is 1. The van der Waals surface area contributed by atoms with Crippen LogP contribution in [0.2, 0.25) is 0 Å². The lowest BCUT2D eigenvalue weighted by atomic mass is 10.2. The van der Waals surface area contributed by atoms with Crippen LogP contribution in [-0.4, -0.2) is 69.1 Å². The lowest BCUT2D eigenvalue weighted by Crippen LogP contribution is -2.48. The molecule has 2 fully saturated rings. The highest BCUT2D eigenvalue weighted by atomic mass is 16.5. The Morgan fingerprint density at radius 2 is 1.80 bits per heavy atom. The van der Waals surface area contributed by atoms with E-state index in [4.69, 9.17) is 9.47 Å². The standard InChI is InChI=1S/C18H25N3O4/c1-20-6-8-21(9-7-20)18(23)14-11-13(14)17(22)19-15-10-12(24-2)4-5-16(15)25-3/h4-5,10,13-14H,6-9,11H2,1-3H3,(H,19,22). The number of nitrogens with zero attached hydrogens (tertiary/aromatic N) is 2. The van der Waals surface area contributed by atoms with Crippen LogP contribution in [0.15, 0.2) is 18.2 Å². The van der Waals surface area contributed by atoms with Crippen LogP contribution in [0, 0.1) is 11.8 Å². The minimum atomic E-state index is -0.261. The topological polar surface area (TPSA) is 71.1 Å². The number of carbonyl (C=O) groups is 2. The van der Waals surface area contributed by atoms with E-state index >= 15 is 0 Å². The molecule has 1 saturated carbocycles. The van der Waals surface area contributed by atoms with E-state index < -0.39 is 0 Å². The molecule has 1 aromatic carbocycles. The molecule has 1 aliphatic heterocycles. The number of hydrogen-bond acceptors (Lipinski definition) is 5. The van der Waals surface area contributed by atoms with Gasteiger partial charge in [-0.15, -0.1) is 0 Å². The molecule has 1 heterocycles. The molecule has 1 N–H and O–H groups in total. The Morgan fingerprint density at radius 1 is 1.08 bits per heavy atom. The van der Waals surface area contributed by atoms with Crippen molar-refractivity contribution in [3.63, 3.8) is 0 Å². The maximum absolute atomic E-state index is 12.5. The molecular formula is C18H25N3O4. The molecule has 2 unspecified atom stereocenters. The van der Waals surface area contributed by atoms with Crippen molar-refractivity contribution in [2.75, 3.05) is 52.8 Å². The normalized spacial score (nSPS) is 23.1. The average Bonchev–Trinajstić information content (AvgIpc) is 3.42. The highest BCUT2D eigenvalue weighted by Gasteiger charge is 2.49. The second kappa shape index (κ2) is 7.31. The number of ether oxygens (including phenoxy) is 2. The molecule has 0 radical (unpaired) electrons. The minimum absolute atomic E-state index is 0.103. The Balaban J connectivity index is 1.59. The predicted octanol–water partition coefficient (Wildman–Crippen LogP) is 1.05. The second-order valence-corrected chi connectivity index (χ2v) is 6.63. The van der Waals surface area contributed by atoms with Crippen LogP contribution in [0.5, 0.6) is 11.5 Å². The second-order valence-electron chi connectivity index (χ2n) is 6.63. The van der Waals surface area contributed by atoms with Crippen LogP contribution >= 0.6 is 0 Å². The van der Waals surface area contributed by atoms with E-state index in [0.717, 1.165) is 26.2 Å². The molecule has 2 amide bonds. The van der Waals surface area contributed by atoms with Crippen molar-refractivity contribution in [3.8, 4) is 11.5 Å². The summed E-state index contributed by atoms with van der Waals surface area (Å²) in [6.07, 6.45) is 0.614. The molecule has 0 bridgehead atoms. The molecule has 1 saturated heterocycles. The fourth-order valence-corrected chi connectivity index (χ4v) is 3.16. The van der Waals surface area contributed by atoms with E-state index in [-0.39, 0.29) is 23.7 Å². The molecule has 2 atom stereocenters. The zero-order valence-corrected chi connectivity index (χ0v) is 14.9. The zero-order valence-electron chi connectivity index (χ0n) is 14.9. The Labute approximate surface area is 147 Å². The third kappa shape index (κ3) is 3.87. The molecule has 0 spiro atoms. The van der Waals surface area contributed by atoms with Crippen molar-refractivity contribution >= 4 is 17.5 Å². The van der Waals surface area contributed by atoms with E-state index in [1.165, 1.54) is 0 Å². The number of hydrogen-bond donors (Lipinski definition) is 1. The Bertz CT molecular complexity index is 656. The average molecular weight is 347 g/mol. The number of amides is 2. The summed E-state index contributed by atoms with van der Waals surface area (Å²) < 4.78 is 10.5. The van der Waals surface area contributed by atoms with Crippen molar-refractivity contribution < 1.29 is 19.1 Å². The quantitative estimate of drug-likeness (QED) is 0.862. The molecule has 1 aliphatic carbocycles. The largest absolute Gasteiger partial charge is 0.497 e. The van der Waals surface area contributed by atoms with Gasteiger partial charge in [0.25, 0.3) is 0 Å². The first kappa shape index (κ1) is 17.5. The SMILES string of the molecule is COc1ccc(OC)c(NC(=O)C2CC2C(=O)N2CCN(C)CC2)c1. The number of carbonyl (C=O) groups excluding carboxylic acids is 2. The van der Waals surface area contributed by atoms with Crippen molar-refractivity contribution in [3.05, 3.63) is 18.2 Å². The zero-order chi connectivity index (χ0) is 18.0. The fourth-order valence-electron chi connectivity index (χ4n) is 3.16. The summed E-state index contributed by atoms with van der Waals surface area (Å²) in [6.45, 7) is 3.25. The van der Waals surface area contributed by atoms with Crippen LogP contribution in [0.3, 0.4) is 0 Å². The maximum atomic E-state index is 12.5. The Morgan fingerprint density at radius 3 is 2.44 bits per heavy atom. The van der Waals surface area contributed by atoms with Gasteiger partial charge in [0.2, 0.25) is 11.8 Å². The molecule has 3 rings (SSSR count). The van der Waals surface area contributed by atoms with Crippen molar-refractivity contribution in [2.45, 2.75) is 6.42 Å². The van der Waals surface area contributed by atoms with Gasteiger partial charge in [0, 0.05) is 32.2 Å². The van der Waals surface area contributed by atoms with Crippen LogP contribution < -0.4 is 14.8 Å². The Hall–Kier alpha value is -2.28. The summed E-state index contributed by atoms with van der Waals surface area (Å²) in [5.74, 6) is 0.710. The number of benzene rings is 1. The van der Waals surface area contributed by atoms with Gasteiger partial charge in [0.1, 0.15) is 11.5 Å². The number of piperazine rings is 1. The van der Waals surface area contributed by atoms with Gasteiger partial charge in [-0.25, -0.2) is 0 Å². The van der Waals surface area contributed by atoms with Crippen molar-refractivity contribution in [1.82, 2.24) is 9.80 Å². The highest BCUT2D eigenvalue weighted by molar-refractivity contribution is 6.00. The summed E-state index contributed by atoms with van der Waals surface area (Å²) in [5, 5.41) is 2.87. The van der Waals surface area contributed by atoms with Gasteiger partial charge in [-0.3, -0.25) is 9.59 Å². The molecule has 7 nitrogen and oxygen atoms in total. The third-order valence-corrected chi connectivity index (χ3v) is 4.92. The first-order valence-electron chi connectivity index (χ1n) is 8.53. The van der Waals surface area contributed by atoms with Gasteiger partial charge in [-0.2, -0.15) is 0 Å². The van der Waals surface area contributed by atoms with E-state index in [9.17, 15) is 9.59 Å². The molecule has 1 aromatic rings. The number of likely N-dealkylation sites (N-methyl/N-ethyl adjacent to an activating group) is 1.